The lowest BCUT2D eigenvalue weighted by Crippen LogP contribution is -2.24. The van der Waals surface area contributed by atoms with Gasteiger partial charge in [0.1, 0.15) is 11.6 Å². The third-order valence-corrected chi connectivity index (χ3v) is 3.05. The number of hydrogen-bond acceptors (Lipinski definition) is 4. The molecule has 1 atom stereocenters. The number of halogens is 2. The molecule has 0 fully saturated rings. The molecule has 1 aromatic rings. The van der Waals surface area contributed by atoms with Crippen molar-refractivity contribution in [1.29, 1.82) is 0 Å². The Kier molecular flexibility index (Phi) is 6.54. The Hall–Kier alpha value is -0.710. The molecule has 6 heteroatoms. The number of rotatable bonds is 7. The largest absolute Gasteiger partial charge is 0.383 e. The fourth-order valence-corrected chi connectivity index (χ4v) is 2.00. The van der Waals surface area contributed by atoms with Crippen molar-refractivity contribution in [2.75, 3.05) is 30.9 Å². The molecular weight excluding hydrogens is 273 g/mol. The van der Waals surface area contributed by atoms with Crippen molar-refractivity contribution >= 4 is 34.8 Å². The molecule has 4 nitrogen and oxygen atoms in total. The van der Waals surface area contributed by atoms with E-state index in [1.54, 1.807) is 13.2 Å². The zero-order valence-electron chi connectivity index (χ0n) is 10.9. The van der Waals surface area contributed by atoms with Crippen molar-refractivity contribution in [3.05, 3.63) is 16.1 Å². The van der Waals surface area contributed by atoms with Crippen LogP contribution in [0.15, 0.2) is 6.07 Å². The van der Waals surface area contributed by atoms with Crippen LogP contribution in [0, 0.1) is 0 Å². The fourth-order valence-electron chi connectivity index (χ4n) is 1.52. The first-order valence-corrected chi connectivity index (χ1v) is 6.73. The van der Waals surface area contributed by atoms with Crippen LogP contribution in [0.4, 0.5) is 11.6 Å². The summed E-state index contributed by atoms with van der Waals surface area (Å²) in [6.07, 6.45) is 0.922. The van der Waals surface area contributed by atoms with Crippen LogP contribution in [0.3, 0.4) is 0 Å². The number of aromatic nitrogens is 1. The van der Waals surface area contributed by atoms with Gasteiger partial charge in [-0.25, -0.2) is 4.98 Å². The lowest BCUT2D eigenvalue weighted by Gasteiger charge is -2.18. The van der Waals surface area contributed by atoms with Gasteiger partial charge in [0, 0.05) is 13.7 Å². The molecule has 18 heavy (non-hydrogen) atoms. The highest BCUT2D eigenvalue weighted by atomic mass is 35.5. The molecule has 0 saturated heterocycles. The van der Waals surface area contributed by atoms with Crippen LogP contribution in [0.5, 0.6) is 0 Å². The van der Waals surface area contributed by atoms with Crippen molar-refractivity contribution in [2.24, 2.45) is 0 Å². The summed E-state index contributed by atoms with van der Waals surface area (Å²) in [5.41, 5.74) is 0. The van der Waals surface area contributed by atoms with Gasteiger partial charge in [-0.1, -0.05) is 30.1 Å². The van der Waals surface area contributed by atoms with Gasteiger partial charge < -0.3 is 15.4 Å². The van der Waals surface area contributed by atoms with Gasteiger partial charge in [0.2, 0.25) is 0 Å². The summed E-state index contributed by atoms with van der Waals surface area (Å²) in [6, 6.07) is 1.87. The number of nitrogens with one attached hydrogen (secondary N) is 2. The molecule has 1 aromatic heterocycles. The van der Waals surface area contributed by atoms with Gasteiger partial charge in [0.15, 0.2) is 0 Å². The van der Waals surface area contributed by atoms with Crippen LogP contribution in [-0.2, 0) is 4.74 Å². The first-order chi connectivity index (χ1) is 8.62. The summed E-state index contributed by atoms with van der Waals surface area (Å²) in [7, 11) is 1.67. The Balaban J connectivity index is 2.89. The smallest absolute Gasteiger partial charge is 0.147 e. The molecule has 2 N–H and O–H groups in total. The zero-order chi connectivity index (χ0) is 13.5. The van der Waals surface area contributed by atoms with Crippen molar-refractivity contribution in [1.82, 2.24) is 4.98 Å². The number of nitrogens with zero attached hydrogens (tertiary/aromatic N) is 1. The summed E-state index contributed by atoms with van der Waals surface area (Å²) in [6.45, 7) is 5.42. The number of pyridine rings is 1. The molecular formula is C12H19Cl2N3O. The van der Waals surface area contributed by atoms with Crippen LogP contribution in [-0.4, -0.2) is 31.3 Å². The minimum absolute atomic E-state index is 0.177. The summed E-state index contributed by atoms with van der Waals surface area (Å²) < 4.78 is 5.13. The van der Waals surface area contributed by atoms with Gasteiger partial charge in [-0.05, 0) is 19.4 Å². The standard InChI is InChI=1S/C12H19Cl2N3O/c1-4-8(7-18-3)16-12-10(14)6-9(13)11(17-12)15-5-2/h6,8H,4-5,7H2,1-3H3,(H2,15,16,17). The average molecular weight is 292 g/mol. The van der Waals surface area contributed by atoms with E-state index in [4.69, 9.17) is 27.9 Å². The molecule has 0 aromatic carbocycles. The predicted octanol–water partition coefficient (Wildman–Crippen LogP) is 3.66. The van der Waals surface area contributed by atoms with E-state index in [9.17, 15) is 0 Å². The van der Waals surface area contributed by atoms with Gasteiger partial charge in [-0.3, -0.25) is 0 Å². The van der Waals surface area contributed by atoms with Gasteiger partial charge in [-0.2, -0.15) is 0 Å². The quantitative estimate of drug-likeness (QED) is 0.805. The highest BCUT2D eigenvalue weighted by molar-refractivity contribution is 6.37. The van der Waals surface area contributed by atoms with Crippen LogP contribution in [0.25, 0.3) is 0 Å². The monoisotopic (exact) mass is 291 g/mol. The molecule has 0 bridgehead atoms. The minimum atomic E-state index is 0.177. The molecule has 0 saturated carbocycles. The van der Waals surface area contributed by atoms with Crippen LogP contribution < -0.4 is 10.6 Å². The molecule has 1 rings (SSSR count). The fraction of sp³-hybridized carbons (Fsp3) is 0.583. The van der Waals surface area contributed by atoms with E-state index >= 15 is 0 Å². The Morgan fingerprint density at radius 2 is 1.94 bits per heavy atom. The van der Waals surface area contributed by atoms with E-state index in [1.807, 2.05) is 6.92 Å². The number of ether oxygens (including phenoxy) is 1. The third-order valence-electron chi connectivity index (χ3n) is 2.48. The third kappa shape index (κ3) is 4.19. The van der Waals surface area contributed by atoms with E-state index in [-0.39, 0.29) is 6.04 Å². The van der Waals surface area contributed by atoms with E-state index in [1.165, 1.54) is 0 Å². The van der Waals surface area contributed by atoms with Gasteiger partial charge in [0.05, 0.1) is 22.7 Å². The summed E-state index contributed by atoms with van der Waals surface area (Å²) in [4.78, 5) is 4.39. The molecule has 0 radical (unpaired) electrons. The summed E-state index contributed by atoms with van der Waals surface area (Å²) >= 11 is 12.2. The molecule has 0 aliphatic heterocycles. The van der Waals surface area contributed by atoms with E-state index in [2.05, 4.69) is 22.5 Å². The maximum Gasteiger partial charge on any atom is 0.147 e. The Morgan fingerprint density at radius 1 is 1.28 bits per heavy atom. The summed E-state index contributed by atoms with van der Waals surface area (Å²) in [5, 5.41) is 7.38. The lowest BCUT2D eigenvalue weighted by molar-refractivity contribution is 0.184. The Morgan fingerprint density at radius 3 is 2.50 bits per heavy atom. The molecule has 0 aliphatic carbocycles. The van der Waals surface area contributed by atoms with Crippen molar-refractivity contribution in [2.45, 2.75) is 26.3 Å². The average Bonchev–Trinajstić information content (AvgIpc) is 2.34. The molecule has 0 spiro atoms. The molecule has 0 aliphatic rings. The number of methoxy groups -OCH3 is 1. The van der Waals surface area contributed by atoms with Gasteiger partial charge in [0.25, 0.3) is 0 Å². The highest BCUT2D eigenvalue weighted by Crippen LogP contribution is 2.29. The second-order valence-corrected chi connectivity index (χ2v) is 4.70. The molecule has 102 valence electrons. The number of anilines is 2. The SMILES string of the molecule is CCNc1nc(NC(CC)COC)c(Cl)cc1Cl. The van der Waals surface area contributed by atoms with Crippen molar-refractivity contribution in [3.63, 3.8) is 0 Å². The highest BCUT2D eigenvalue weighted by Gasteiger charge is 2.12. The molecule has 1 heterocycles. The Bertz CT molecular complexity index is 388. The predicted molar refractivity (Wildman–Crippen MR) is 78.0 cm³/mol. The topological polar surface area (TPSA) is 46.2 Å². The second-order valence-electron chi connectivity index (χ2n) is 3.88. The lowest BCUT2D eigenvalue weighted by atomic mass is 10.2. The maximum absolute atomic E-state index is 6.12. The van der Waals surface area contributed by atoms with Gasteiger partial charge in [-0.15, -0.1) is 0 Å². The van der Waals surface area contributed by atoms with Crippen LogP contribution >= 0.6 is 23.2 Å². The van der Waals surface area contributed by atoms with Crippen LogP contribution in [0.2, 0.25) is 10.0 Å². The first-order valence-electron chi connectivity index (χ1n) is 5.97. The van der Waals surface area contributed by atoms with Crippen LogP contribution in [0.1, 0.15) is 20.3 Å². The Labute approximate surface area is 118 Å². The zero-order valence-corrected chi connectivity index (χ0v) is 12.4. The van der Waals surface area contributed by atoms with Crippen molar-refractivity contribution < 1.29 is 4.74 Å². The van der Waals surface area contributed by atoms with Gasteiger partial charge >= 0.3 is 0 Å². The normalized spacial score (nSPS) is 12.3. The first kappa shape index (κ1) is 15.3. The molecule has 0 amide bonds. The van der Waals surface area contributed by atoms with E-state index in [0.29, 0.717) is 28.3 Å². The molecule has 1 unspecified atom stereocenters. The van der Waals surface area contributed by atoms with Crippen molar-refractivity contribution in [3.8, 4) is 0 Å². The van der Waals surface area contributed by atoms with E-state index < -0.39 is 0 Å². The summed E-state index contributed by atoms with van der Waals surface area (Å²) in [5.74, 6) is 1.26. The minimum Gasteiger partial charge on any atom is -0.383 e. The van der Waals surface area contributed by atoms with E-state index in [0.717, 1.165) is 13.0 Å². The maximum atomic E-state index is 6.12. The second kappa shape index (κ2) is 7.67. The number of hydrogen-bond donors (Lipinski definition) is 2.